The van der Waals surface area contributed by atoms with E-state index in [0.29, 0.717) is 17.5 Å². The Hall–Kier alpha value is -4.01. The van der Waals surface area contributed by atoms with Crippen LogP contribution < -0.4 is 5.32 Å². The third-order valence-corrected chi connectivity index (χ3v) is 9.85. The van der Waals surface area contributed by atoms with Gasteiger partial charge < -0.3 is 9.80 Å². The topological polar surface area (TPSA) is 90.0 Å². The van der Waals surface area contributed by atoms with E-state index in [9.17, 15) is 19.2 Å². The lowest BCUT2D eigenvalue weighted by atomic mass is 9.71. The summed E-state index contributed by atoms with van der Waals surface area (Å²) in [6, 6.07) is 21.1. The van der Waals surface area contributed by atoms with Gasteiger partial charge in [-0.3, -0.25) is 29.4 Å². The molecule has 1 N–H and O–H groups in total. The molecule has 4 amide bonds. The highest BCUT2D eigenvalue weighted by Gasteiger charge is 2.47. The number of amides is 4. The number of nitrogens with zero attached hydrogens (tertiary/aromatic N) is 3. The third-order valence-electron chi connectivity index (χ3n) is 9.59. The summed E-state index contributed by atoms with van der Waals surface area (Å²) in [6.07, 6.45) is 2.64. The molecule has 7 rings (SSSR count). The number of hydrogen-bond donors (Lipinski definition) is 1. The molecule has 0 aliphatic carbocycles. The molecule has 0 bridgehead atoms. The maximum atomic E-state index is 13.4. The third kappa shape index (κ3) is 5.23. The first kappa shape index (κ1) is 27.8. The molecule has 43 heavy (non-hydrogen) atoms. The molecular formula is C34H33ClN4O4. The first-order valence-corrected chi connectivity index (χ1v) is 15.3. The van der Waals surface area contributed by atoms with Crippen molar-refractivity contribution in [1.29, 1.82) is 0 Å². The Morgan fingerprint density at radius 2 is 1.67 bits per heavy atom. The zero-order chi connectivity index (χ0) is 29.7. The van der Waals surface area contributed by atoms with Crippen molar-refractivity contribution in [2.75, 3.05) is 26.2 Å². The summed E-state index contributed by atoms with van der Waals surface area (Å²) in [5.74, 6) is -0.985. The van der Waals surface area contributed by atoms with Gasteiger partial charge in [0, 0.05) is 54.2 Å². The highest BCUT2D eigenvalue weighted by molar-refractivity contribution is 6.30. The number of nitrogens with one attached hydrogen (secondary N) is 1. The number of rotatable bonds is 5. The van der Waals surface area contributed by atoms with Crippen molar-refractivity contribution in [3.8, 4) is 11.1 Å². The molecule has 4 aliphatic heterocycles. The number of piperidine rings is 2. The number of halogens is 1. The highest BCUT2D eigenvalue weighted by atomic mass is 35.5. The lowest BCUT2D eigenvalue weighted by Gasteiger charge is -2.54. The van der Waals surface area contributed by atoms with Gasteiger partial charge in [-0.15, -0.1) is 0 Å². The molecule has 3 aromatic rings. The van der Waals surface area contributed by atoms with Crippen LogP contribution in [0.3, 0.4) is 0 Å². The standard InChI is InChI=1S/C34H33ClN4O4/c35-26-8-5-22(6-9-26)27-4-2-1-3-24(27)18-37-15-13-34(14-16-37)20-38(21-34)32(42)23-7-10-28-25(17-23)19-39(33(28)43)29-11-12-30(40)36-31(29)41/h1-10,17,29H,11-16,18-21H2,(H,36,40,41). The van der Waals surface area contributed by atoms with E-state index < -0.39 is 11.9 Å². The highest BCUT2D eigenvalue weighted by Crippen LogP contribution is 2.42. The molecular weight excluding hydrogens is 564 g/mol. The molecule has 3 aromatic carbocycles. The number of benzene rings is 3. The zero-order valence-electron chi connectivity index (χ0n) is 23.9. The van der Waals surface area contributed by atoms with Gasteiger partial charge in [0.15, 0.2) is 0 Å². The van der Waals surface area contributed by atoms with Gasteiger partial charge >= 0.3 is 0 Å². The fourth-order valence-corrected chi connectivity index (χ4v) is 7.23. The van der Waals surface area contributed by atoms with Gasteiger partial charge in [-0.25, -0.2) is 0 Å². The van der Waals surface area contributed by atoms with Gasteiger partial charge in [0.05, 0.1) is 0 Å². The largest absolute Gasteiger partial charge is 0.337 e. The van der Waals surface area contributed by atoms with Crippen LogP contribution in [-0.4, -0.2) is 70.5 Å². The fourth-order valence-electron chi connectivity index (χ4n) is 7.11. The number of carbonyl (C=O) groups excluding carboxylic acids is 4. The molecule has 0 saturated carbocycles. The molecule has 0 radical (unpaired) electrons. The second kappa shape index (κ2) is 10.9. The van der Waals surface area contributed by atoms with E-state index >= 15 is 0 Å². The molecule has 4 aliphatic rings. The SMILES string of the molecule is O=C1CCC(N2Cc3cc(C(=O)N4CC5(CCN(Cc6ccccc6-c6ccc(Cl)cc6)CC5)C4)ccc3C2=O)C(=O)N1. The van der Waals surface area contributed by atoms with E-state index in [1.54, 1.807) is 18.2 Å². The summed E-state index contributed by atoms with van der Waals surface area (Å²) in [5, 5.41) is 3.06. The molecule has 1 unspecified atom stereocenters. The van der Waals surface area contributed by atoms with E-state index in [-0.39, 0.29) is 36.1 Å². The van der Waals surface area contributed by atoms with E-state index in [2.05, 4.69) is 46.6 Å². The van der Waals surface area contributed by atoms with Crippen LogP contribution in [0, 0.1) is 5.41 Å². The smallest absolute Gasteiger partial charge is 0.255 e. The van der Waals surface area contributed by atoms with Crippen LogP contribution in [0.2, 0.25) is 5.02 Å². The number of likely N-dealkylation sites (tertiary alicyclic amines) is 2. The first-order chi connectivity index (χ1) is 20.8. The van der Waals surface area contributed by atoms with Gasteiger partial charge in [0.2, 0.25) is 11.8 Å². The van der Waals surface area contributed by atoms with E-state index in [1.165, 1.54) is 21.6 Å². The Kier molecular flexibility index (Phi) is 7.06. The van der Waals surface area contributed by atoms with E-state index in [0.717, 1.165) is 56.2 Å². The molecule has 1 spiro atoms. The minimum absolute atomic E-state index is 0.0142. The molecule has 3 saturated heterocycles. The van der Waals surface area contributed by atoms with E-state index in [1.807, 2.05) is 17.0 Å². The summed E-state index contributed by atoms with van der Waals surface area (Å²) in [5.41, 5.74) is 5.71. The Morgan fingerprint density at radius 3 is 2.42 bits per heavy atom. The lowest BCUT2D eigenvalue weighted by Crippen LogP contribution is -2.61. The van der Waals surface area contributed by atoms with Gasteiger partial charge in [0.1, 0.15) is 6.04 Å². The Morgan fingerprint density at radius 1 is 0.930 bits per heavy atom. The van der Waals surface area contributed by atoms with Crippen molar-refractivity contribution in [2.45, 2.75) is 44.8 Å². The summed E-state index contributed by atoms with van der Waals surface area (Å²) in [4.78, 5) is 56.3. The van der Waals surface area contributed by atoms with Gasteiger partial charge in [-0.2, -0.15) is 0 Å². The lowest BCUT2D eigenvalue weighted by molar-refractivity contribution is -0.136. The van der Waals surface area contributed by atoms with Gasteiger partial charge in [0.25, 0.3) is 11.8 Å². The minimum atomic E-state index is -0.663. The van der Waals surface area contributed by atoms with Crippen molar-refractivity contribution < 1.29 is 19.2 Å². The molecule has 8 nitrogen and oxygen atoms in total. The van der Waals surface area contributed by atoms with Gasteiger partial charge in [-0.1, -0.05) is 48.0 Å². The monoisotopic (exact) mass is 596 g/mol. The van der Waals surface area contributed by atoms with Gasteiger partial charge in [-0.05, 0) is 84.9 Å². The van der Waals surface area contributed by atoms with Crippen LogP contribution in [-0.2, 0) is 22.7 Å². The van der Waals surface area contributed by atoms with Crippen molar-refractivity contribution in [2.24, 2.45) is 5.41 Å². The molecule has 1 atom stereocenters. The Balaban J connectivity index is 0.950. The average Bonchev–Trinajstić information content (AvgIpc) is 3.32. The normalized spacial score (nSPS) is 21.5. The maximum absolute atomic E-state index is 13.4. The number of carbonyl (C=O) groups is 4. The second-order valence-electron chi connectivity index (χ2n) is 12.4. The maximum Gasteiger partial charge on any atom is 0.255 e. The van der Waals surface area contributed by atoms with Crippen molar-refractivity contribution >= 4 is 35.2 Å². The predicted octanol–water partition coefficient (Wildman–Crippen LogP) is 4.51. The fraction of sp³-hybridized carbons (Fsp3) is 0.353. The number of fused-ring (bicyclic) bond motifs is 1. The summed E-state index contributed by atoms with van der Waals surface area (Å²) in [6.45, 7) is 4.64. The zero-order valence-corrected chi connectivity index (χ0v) is 24.6. The Bertz CT molecular complexity index is 1620. The van der Waals surface area contributed by atoms with Crippen LogP contribution in [0.25, 0.3) is 11.1 Å². The minimum Gasteiger partial charge on any atom is -0.337 e. The van der Waals surface area contributed by atoms with Crippen molar-refractivity contribution in [3.63, 3.8) is 0 Å². The van der Waals surface area contributed by atoms with Crippen LogP contribution in [0.1, 0.15) is 57.5 Å². The summed E-state index contributed by atoms with van der Waals surface area (Å²) in [7, 11) is 0. The van der Waals surface area contributed by atoms with Crippen LogP contribution in [0.4, 0.5) is 0 Å². The van der Waals surface area contributed by atoms with Crippen LogP contribution in [0.15, 0.2) is 66.7 Å². The first-order valence-electron chi connectivity index (χ1n) is 14.9. The molecule has 220 valence electrons. The number of imide groups is 1. The quantitative estimate of drug-likeness (QED) is 0.438. The molecule has 3 fully saturated rings. The second-order valence-corrected chi connectivity index (χ2v) is 12.8. The molecule has 0 aromatic heterocycles. The summed E-state index contributed by atoms with van der Waals surface area (Å²) >= 11 is 6.11. The van der Waals surface area contributed by atoms with E-state index in [4.69, 9.17) is 11.6 Å². The summed E-state index contributed by atoms with van der Waals surface area (Å²) < 4.78 is 0. The van der Waals surface area contributed by atoms with Crippen molar-refractivity contribution in [1.82, 2.24) is 20.0 Å². The molecule has 4 heterocycles. The Labute approximate surface area is 255 Å². The van der Waals surface area contributed by atoms with Crippen LogP contribution >= 0.6 is 11.6 Å². The van der Waals surface area contributed by atoms with Crippen molar-refractivity contribution in [3.05, 3.63) is 94.0 Å². The average molecular weight is 597 g/mol. The predicted molar refractivity (Wildman–Crippen MR) is 162 cm³/mol. The number of hydrogen-bond acceptors (Lipinski definition) is 5. The molecule has 9 heteroatoms. The van der Waals surface area contributed by atoms with Crippen LogP contribution in [0.5, 0.6) is 0 Å².